The van der Waals surface area contributed by atoms with E-state index >= 15 is 0 Å². The minimum atomic E-state index is -3.67. The molecule has 0 saturated carbocycles. The molecule has 0 aliphatic carbocycles. The Labute approximate surface area is 165 Å². The highest BCUT2D eigenvalue weighted by Crippen LogP contribution is 2.23. The fraction of sp³-hybridized carbons (Fsp3) is 0.263. The number of thiocarbonyl (C=S) groups is 1. The van der Waals surface area contributed by atoms with Gasteiger partial charge in [0, 0.05) is 18.2 Å². The zero-order valence-corrected chi connectivity index (χ0v) is 17.3. The van der Waals surface area contributed by atoms with E-state index < -0.39 is 15.4 Å². The van der Waals surface area contributed by atoms with Crippen LogP contribution in [-0.2, 0) is 14.8 Å². The second-order valence-electron chi connectivity index (χ2n) is 6.99. The van der Waals surface area contributed by atoms with Crippen molar-refractivity contribution in [1.82, 2.24) is 5.32 Å². The number of carbonyl (C=O) groups excluding carboxylic acids is 1. The lowest BCUT2D eigenvalue weighted by Gasteiger charge is -2.20. The predicted molar refractivity (Wildman–Crippen MR) is 112 cm³/mol. The van der Waals surface area contributed by atoms with Crippen molar-refractivity contribution in [3.63, 3.8) is 0 Å². The minimum Gasteiger partial charge on any atom is -0.332 e. The quantitative estimate of drug-likeness (QED) is 0.763. The number of hydrogen-bond donors (Lipinski definition) is 2. The predicted octanol–water partition coefficient (Wildman–Crippen LogP) is 3.37. The van der Waals surface area contributed by atoms with Crippen LogP contribution in [0, 0.1) is 5.41 Å². The van der Waals surface area contributed by atoms with Crippen LogP contribution >= 0.6 is 12.2 Å². The summed E-state index contributed by atoms with van der Waals surface area (Å²) in [6.07, 6.45) is 0. The largest absolute Gasteiger partial charge is 0.332 e. The normalized spacial score (nSPS) is 11.6. The molecule has 0 aliphatic heterocycles. The zero-order chi connectivity index (χ0) is 20.2. The number of anilines is 2. The molecule has 144 valence electrons. The lowest BCUT2D eigenvalue weighted by Crippen LogP contribution is -2.41. The summed E-state index contributed by atoms with van der Waals surface area (Å²) in [5.74, 6) is -0.205. The summed E-state index contributed by atoms with van der Waals surface area (Å²) in [5.41, 5.74) is 0.590. The fourth-order valence-electron chi connectivity index (χ4n) is 2.10. The Bertz CT molecular complexity index is 919. The number of amides is 1. The van der Waals surface area contributed by atoms with Crippen molar-refractivity contribution in [3.8, 4) is 0 Å². The lowest BCUT2D eigenvalue weighted by atomic mass is 9.96. The number of nitrogens with one attached hydrogen (secondary N) is 2. The molecule has 0 fully saturated rings. The van der Waals surface area contributed by atoms with Gasteiger partial charge in [0.05, 0.1) is 10.6 Å². The van der Waals surface area contributed by atoms with Gasteiger partial charge in [0.1, 0.15) is 0 Å². The average molecular weight is 406 g/mol. The maximum atomic E-state index is 12.7. The van der Waals surface area contributed by atoms with Crippen molar-refractivity contribution >= 4 is 44.6 Å². The number of hydrogen-bond acceptors (Lipinski definition) is 4. The van der Waals surface area contributed by atoms with Gasteiger partial charge in [0.2, 0.25) is 5.91 Å². The standard InChI is InChI=1S/C19H23N3O3S2/c1-19(2,3)17(23)21-18(26)20-14-10-12-16(13-11-14)27(24,25)22(4)15-8-6-5-7-9-15/h5-13H,1-4H3,(H2,20,21,23,26). The van der Waals surface area contributed by atoms with E-state index in [4.69, 9.17) is 12.2 Å². The van der Waals surface area contributed by atoms with E-state index in [1.807, 2.05) is 6.07 Å². The summed E-state index contributed by atoms with van der Waals surface area (Å²) in [5, 5.41) is 5.64. The van der Waals surface area contributed by atoms with Crippen LogP contribution in [0.25, 0.3) is 0 Å². The van der Waals surface area contributed by atoms with Crippen molar-refractivity contribution in [2.75, 3.05) is 16.7 Å². The number of nitrogens with zero attached hydrogens (tertiary/aromatic N) is 1. The molecule has 1 amide bonds. The van der Waals surface area contributed by atoms with E-state index in [0.29, 0.717) is 11.4 Å². The molecule has 27 heavy (non-hydrogen) atoms. The van der Waals surface area contributed by atoms with E-state index in [1.54, 1.807) is 57.2 Å². The molecule has 2 aromatic rings. The van der Waals surface area contributed by atoms with Crippen molar-refractivity contribution in [3.05, 3.63) is 54.6 Å². The molecule has 0 unspecified atom stereocenters. The molecule has 8 heteroatoms. The summed E-state index contributed by atoms with van der Waals surface area (Å²) < 4.78 is 26.7. The van der Waals surface area contributed by atoms with Gasteiger partial charge in [0.25, 0.3) is 10.0 Å². The van der Waals surface area contributed by atoms with E-state index in [-0.39, 0.29) is 15.9 Å². The second kappa shape index (κ2) is 8.06. The van der Waals surface area contributed by atoms with Crippen LogP contribution < -0.4 is 14.9 Å². The van der Waals surface area contributed by atoms with Gasteiger partial charge in [-0.3, -0.25) is 9.10 Å². The van der Waals surface area contributed by atoms with Crippen LogP contribution in [0.4, 0.5) is 11.4 Å². The van der Waals surface area contributed by atoms with Gasteiger partial charge in [-0.15, -0.1) is 0 Å². The molecule has 6 nitrogen and oxygen atoms in total. The van der Waals surface area contributed by atoms with Gasteiger partial charge in [0.15, 0.2) is 5.11 Å². The van der Waals surface area contributed by atoms with Gasteiger partial charge >= 0.3 is 0 Å². The highest BCUT2D eigenvalue weighted by Gasteiger charge is 2.23. The number of sulfonamides is 1. The van der Waals surface area contributed by atoms with Crippen molar-refractivity contribution < 1.29 is 13.2 Å². The molecule has 0 aromatic heterocycles. The minimum absolute atomic E-state index is 0.157. The van der Waals surface area contributed by atoms with Gasteiger partial charge in [-0.05, 0) is 48.6 Å². The molecule has 0 radical (unpaired) electrons. The molecule has 0 aliphatic rings. The van der Waals surface area contributed by atoms with Gasteiger partial charge in [-0.2, -0.15) is 0 Å². The highest BCUT2D eigenvalue weighted by atomic mass is 32.2. The first-order chi connectivity index (χ1) is 12.5. The lowest BCUT2D eigenvalue weighted by molar-refractivity contribution is -0.126. The third-order valence-electron chi connectivity index (χ3n) is 3.80. The molecule has 0 atom stereocenters. The maximum Gasteiger partial charge on any atom is 0.264 e. The van der Waals surface area contributed by atoms with Crippen molar-refractivity contribution in [2.24, 2.45) is 5.41 Å². The van der Waals surface area contributed by atoms with Crippen LogP contribution in [0.5, 0.6) is 0 Å². The highest BCUT2D eigenvalue weighted by molar-refractivity contribution is 7.92. The van der Waals surface area contributed by atoms with Gasteiger partial charge < -0.3 is 10.6 Å². The number of carbonyl (C=O) groups is 1. The summed E-state index contributed by atoms with van der Waals surface area (Å²) in [4.78, 5) is 12.1. The third kappa shape index (κ3) is 5.27. The Kier molecular flexibility index (Phi) is 6.22. The molecule has 2 N–H and O–H groups in total. The zero-order valence-electron chi connectivity index (χ0n) is 15.7. The molecule has 2 aromatic carbocycles. The summed E-state index contributed by atoms with van der Waals surface area (Å²) in [6, 6.07) is 15.0. The van der Waals surface area contributed by atoms with E-state index in [0.717, 1.165) is 0 Å². The number of para-hydroxylation sites is 1. The second-order valence-corrected chi connectivity index (χ2v) is 9.37. The molecule has 0 saturated heterocycles. The van der Waals surface area contributed by atoms with E-state index in [2.05, 4.69) is 10.6 Å². The molecule has 0 heterocycles. The van der Waals surface area contributed by atoms with E-state index in [9.17, 15) is 13.2 Å². The van der Waals surface area contributed by atoms with Gasteiger partial charge in [-0.1, -0.05) is 39.0 Å². The van der Waals surface area contributed by atoms with Crippen LogP contribution in [0.2, 0.25) is 0 Å². The maximum absolute atomic E-state index is 12.7. The topological polar surface area (TPSA) is 78.5 Å². The molecule has 0 bridgehead atoms. The Balaban J connectivity index is 2.10. The summed E-state index contributed by atoms with van der Waals surface area (Å²) in [7, 11) is -2.16. The molecular weight excluding hydrogens is 382 g/mol. The average Bonchev–Trinajstić information content (AvgIpc) is 2.61. The van der Waals surface area contributed by atoms with Crippen molar-refractivity contribution in [1.29, 1.82) is 0 Å². The Morgan fingerprint density at radius 2 is 1.56 bits per heavy atom. The number of rotatable bonds is 4. The SMILES string of the molecule is CN(c1ccccc1)S(=O)(=O)c1ccc(NC(=S)NC(=O)C(C)(C)C)cc1. The van der Waals surface area contributed by atoms with Crippen LogP contribution in [0.1, 0.15) is 20.8 Å². The van der Waals surface area contributed by atoms with E-state index in [1.165, 1.54) is 23.5 Å². The van der Waals surface area contributed by atoms with Crippen LogP contribution in [0.15, 0.2) is 59.5 Å². The first kappa shape index (κ1) is 20.9. The monoisotopic (exact) mass is 405 g/mol. The molecule has 2 rings (SSSR count). The Hall–Kier alpha value is -2.45. The first-order valence-corrected chi connectivity index (χ1v) is 10.1. The third-order valence-corrected chi connectivity index (χ3v) is 5.80. The Morgan fingerprint density at radius 1 is 1.00 bits per heavy atom. The first-order valence-electron chi connectivity index (χ1n) is 8.28. The summed E-state index contributed by atoms with van der Waals surface area (Å²) >= 11 is 5.12. The summed E-state index contributed by atoms with van der Waals surface area (Å²) in [6.45, 7) is 5.36. The van der Waals surface area contributed by atoms with Crippen molar-refractivity contribution in [2.45, 2.75) is 25.7 Å². The smallest absolute Gasteiger partial charge is 0.264 e. The molecule has 0 spiro atoms. The van der Waals surface area contributed by atoms with Gasteiger partial charge in [-0.25, -0.2) is 8.42 Å². The van der Waals surface area contributed by atoms with Crippen LogP contribution in [-0.4, -0.2) is 26.5 Å². The van der Waals surface area contributed by atoms with Crippen LogP contribution in [0.3, 0.4) is 0 Å². The molecular formula is C19H23N3O3S2. The number of benzene rings is 2. The fourth-order valence-corrected chi connectivity index (χ4v) is 3.50. The Morgan fingerprint density at radius 3 is 2.07 bits per heavy atom.